The third-order valence-corrected chi connectivity index (χ3v) is 5.88. The quantitative estimate of drug-likeness (QED) is 0.443. The fourth-order valence-electron chi connectivity index (χ4n) is 4.19. The summed E-state index contributed by atoms with van der Waals surface area (Å²) in [5.74, 6) is 0.574. The van der Waals surface area contributed by atoms with E-state index in [0.29, 0.717) is 19.5 Å². The number of ether oxygens (including phenoxy) is 1. The summed E-state index contributed by atoms with van der Waals surface area (Å²) < 4.78 is 20.4. The first kappa shape index (κ1) is 26.5. The third kappa shape index (κ3) is 6.96. The minimum Gasteiger partial charge on any atom is -0.375 e. The van der Waals surface area contributed by atoms with Gasteiger partial charge in [0.1, 0.15) is 19.1 Å². The second-order valence-corrected chi connectivity index (χ2v) is 9.83. The number of halogens is 1. The van der Waals surface area contributed by atoms with Crippen molar-refractivity contribution in [2.24, 2.45) is 11.1 Å². The molecule has 0 spiro atoms. The van der Waals surface area contributed by atoms with Gasteiger partial charge in [-0.05, 0) is 29.5 Å². The zero-order valence-electron chi connectivity index (χ0n) is 21.0. The summed E-state index contributed by atoms with van der Waals surface area (Å²) in [4.78, 5) is 24.2. The van der Waals surface area contributed by atoms with Crippen molar-refractivity contribution in [3.05, 3.63) is 72.4 Å². The standard InChI is InChI=1S/C27H36FN5O2/c1-27(2,3)25(33(24(34)19-35-4)15-12-22(29)16-28)26-31-23(21-8-6-5-7-9-21)18-32(26)17-20-10-13-30-14-11-20/h5-11,13-14,18,22,25H,12,15-17,19,29H2,1-4H3/t22-,25-/m0/s1. The minimum absolute atomic E-state index is 0.0753. The SMILES string of the molecule is COCC(=O)N(CC[C@H](N)CF)[C@@H](c1nc(-c2ccccc2)cn1Cc1ccncc1)C(C)(C)C. The van der Waals surface area contributed by atoms with E-state index in [0.717, 1.165) is 22.6 Å². The molecule has 3 aromatic rings. The van der Waals surface area contributed by atoms with Crippen molar-refractivity contribution in [3.63, 3.8) is 0 Å². The van der Waals surface area contributed by atoms with Gasteiger partial charge >= 0.3 is 0 Å². The van der Waals surface area contributed by atoms with Gasteiger partial charge in [0.2, 0.25) is 5.91 Å². The highest BCUT2D eigenvalue weighted by Gasteiger charge is 2.38. The first-order valence-corrected chi connectivity index (χ1v) is 11.9. The number of hydrogen-bond acceptors (Lipinski definition) is 5. The highest BCUT2D eigenvalue weighted by Crippen LogP contribution is 2.39. The summed E-state index contributed by atoms with van der Waals surface area (Å²) in [5, 5.41) is 0. The van der Waals surface area contributed by atoms with Crippen molar-refractivity contribution in [3.8, 4) is 11.3 Å². The highest BCUT2D eigenvalue weighted by atomic mass is 19.1. The lowest BCUT2D eigenvalue weighted by Gasteiger charge is -2.40. The first-order valence-electron chi connectivity index (χ1n) is 11.9. The van der Waals surface area contributed by atoms with Gasteiger partial charge in [0.05, 0.1) is 11.7 Å². The molecule has 0 aliphatic rings. The van der Waals surface area contributed by atoms with Crippen molar-refractivity contribution in [1.29, 1.82) is 0 Å². The van der Waals surface area contributed by atoms with E-state index in [2.05, 4.69) is 30.3 Å². The number of amides is 1. The van der Waals surface area contributed by atoms with Gasteiger partial charge in [0.15, 0.2) is 0 Å². The molecule has 7 nitrogen and oxygen atoms in total. The van der Waals surface area contributed by atoms with Crippen molar-refractivity contribution >= 4 is 5.91 Å². The molecule has 0 radical (unpaired) electrons. The van der Waals surface area contributed by atoms with Gasteiger partial charge in [-0.25, -0.2) is 9.37 Å². The lowest BCUT2D eigenvalue weighted by Crippen LogP contribution is -2.45. The normalized spacial score (nSPS) is 13.4. The van der Waals surface area contributed by atoms with Crippen LogP contribution in [0.25, 0.3) is 11.3 Å². The molecule has 0 aliphatic heterocycles. The van der Waals surface area contributed by atoms with Crippen LogP contribution < -0.4 is 5.73 Å². The molecule has 0 saturated carbocycles. The Morgan fingerprint density at radius 3 is 2.46 bits per heavy atom. The van der Waals surface area contributed by atoms with E-state index in [9.17, 15) is 9.18 Å². The molecule has 3 rings (SSSR count). The largest absolute Gasteiger partial charge is 0.375 e. The lowest BCUT2D eigenvalue weighted by molar-refractivity contribution is -0.140. The number of nitrogens with zero attached hydrogens (tertiary/aromatic N) is 4. The van der Waals surface area contributed by atoms with Crippen LogP contribution in [0.3, 0.4) is 0 Å². The number of methoxy groups -OCH3 is 1. The van der Waals surface area contributed by atoms with Gasteiger partial charge in [-0.3, -0.25) is 9.78 Å². The molecule has 35 heavy (non-hydrogen) atoms. The Balaban J connectivity index is 2.13. The number of hydrogen-bond donors (Lipinski definition) is 1. The average Bonchev–Trinajstić information content (AvgIpc) is 3.24. The number of rotatable bonds is 11. The van der Waals surface area contributed by atoms with E-state index in [1.807, 2.05) is 48.7 Å². The summed E-state index contributed by atoms with van der Waals surface area (Å²) in [7, 11) is 1.49. The van der Waals surface area contributed by atoms with Crippen LogP contribution in [0.15, 0.2) is 61.1 Å². The maximum Gasteiger partial charge on any atom is 0.249 e. The number of benzene rings is 1. The third-order valence-electron chi connectivity index (χ3n) is 5.88. The van der Waals surface area contributed by atoms with Crippen molar-refractivity contribution < 1.29 is 13.9 Å². The Labute approximate surface area is 207 Å². The highest BCUT2D eigenvalue weighted by molar-refractivity contribution is 5.78. The fourth-order valence-corrected chi connectivity index (χ4v) is 4.19. The molecule has 2 heterocycles. The van der Waals surface area contributed by atoms with E-state index in [1.165, 1.54) is 7.11 Å². The van der Waals surface area contributed by atoms with Crippen molar-refractivity contribution in [1.82, 2.24) is 19.4 Å². The number of nitrogens with two attached hydrogens (primary N) is 1. The maximum absolute atomic E-state index is 13.3. The Hall–Kier alpha value is -3.10. The fraction of sp³-hybridized carbons (Fsp3) is 0.444. The minimum atomic E-state index is -0.638. The predicted molar refractivity (Wildman–Crippen MR) is 135 cm³/mol. The van der Waals surface area contributed by atoms with Crippen LogP contribution in [0.5, 0.6) is 0 Å². The van der Waals surface area contributed by atoms with Crippen LogP contribution in [0, 0.1) is 5.41 Å². The molecule has 0 aliphatic carbocycles. The van der Waals surface area contributed by atoms with Gasteiger partial charge in [-0.15, -0.1) is 0 Å². The molecule has 1 aromatic carbocycles. The number of aromatic nitrogens is 3. The molecule has 2 atom stereocenters. The molecule has 8 heteroatoms. The van der Waals surface area contributed by atoms with Crippen LogP contribution >= 0.6 is 0 Å². The smallest absolute Gasteiger partial charge is 0.249 e. The summed E-state index contributed by atoms with van der Waals surface area (Å²) in [6.45, 7) is 6.39. The molecule has 188 valence electrons. The Bertz CT molecular complexity index is 1070. The number of carbonyl (C=O) groups is 1. The van der Waals surface area contributed by atoms with Crippen LogP contribution in [-0.4, -0.2) is 58.3 Å². The first-order chi connectivity index (χ1) is 16.7. The Morgan fingerprint density at radius 2 is 1.86 bits per heavy atom. The second-order valence-electron chi connectivity index (χ2n) is 9.83. The number of pyridine rings is 1. The summed E-state index contributed by atoms with van der Waals surface area (Å²) in [6.07, 6.45) is 5.89. The van der Waals surface area contributed by atoms with Gasteiger partial charge in [-0.1, -0.05) is 51.1 Å². The number of alkyl halides is 1. The van der Waals surface area contributed by atoms with E-state index < -0.39 is 18.8 Å². The summed E-state index contributed by atoms with van der Waals surface area (Å²) in [6, 6.07) is 12.9. The van der Waals surface area contributed by atoms with Crippen molar-refractivity contribution in [2.45, 2.75) is 45.8 Å². The van der Waals surface area contributed by atoms with Gasteiger partial charge in [0, 0.05) is 50.4 Å². The maximum atomic E-state index is 13.3. The van der Waals surface area contributed by atoms with Crippen molar-refractivity contribution in [2.75, 3.05) is 26.9 Å². The number of carbonyl (C=O) groups excluding carboxylic acids is 1. The summed E-state index contributed by atoms with van der Waals surface area (Å²) >= 11 is 0. The van der Waals surface area contributed by atoms with Crippen LogP contribution in [0.4, 0.5) is 4.39 Å². The van der Waals surface area contributed by atoms with Gasteiger partial charge < -0.3 is 19.9 Å². The zero-order valence-corrected chi connectivity index (χ0v) is 21.0. The van der Waals surface area contributed by atoms with E-state index in [4.69, 9.17) is 15.5 Å². The number of imidazole rings is 1. The molecular weight excluding hydrogens is 445 g/mol. The Kier molecular flexibility index (Phi) is 9.12. The van der Waals surface area contributed by atoms with E-state index in [-0.39, 0.29) is 17.9 Å². The summed E-state index contributed by atoms with van der Waals surface area (Å²) in [5.41, 5.74) is 8.39. The molecular formula is C27H36FN5O2. The van der Waals surface area contributed by atoms with E-state index in [1.54, 1.807) is 17.3 Å². The van der Waals surface area contributed by atoms with Gasteiger partial charge in [0.25, 0.3) is 0 Å². The van der Waals surface area contributed by atoms with Crippen LogP contribution in [-0.2, 0) is 16.1 Å². The molecule has 0 bridgehead atoms. The monoisotopic (exact) mass is 481 g/mol. The molecule has 0 unspecified atom stereocenters. The second kappa shape index (κ2) is 12.0. The molecule has 1 amide bonds. The average molecular weight is 482 g/mol. The molecule has 0 fully saturated rings. The molecule has 0 saturated heterocycles. The topological polar surface area (TPSA) is 86.3 Å². The van der Waals surface area contributed by atoms with Crippen LogP contribution in [0.1, 0.15) is 44.6 Å². The Morgan fingerprint density at radius 1 is 1.17 bits per heavy atom. The molecule has 2 N–H and O–H groups in total. The van der Waals surface area contributed by atoms with Gasteiger partial charge in [-0.2, -0.15) is 0 Å². The zero-order chi connectivity index (χ0) is 25.4. The molecule has 2 aromatic heterocycles. The van der Waals surface area contributed by atoms with E-state index >= 15 is 0 Å². The van der Waals surface area contributed by atoms with Crippen LogP contribution in [0.2, 0.25) is 0 Å². The predicted octanol–water partition coefficient (Wildman–Crippen LogP) is 4.24. The lowest BCUT2D eigenvalue weighted by atomic mass is 9.84.